The highest BCUT2D eigenvalue weighted by Gasteiger charge is 2.35. The van der Waals surface area contributed by atoms with Crippen molar-refractivity contribution in [3.63, 3.8) is 0 Å². The number of methoxy groups -OCH3 is 1. The van der Waals surface area contributed by atoms with Gasteiger partial charge in [0.05, 0.1) is 13.2 Å². The summed E-state index contributed by atoms with van der Waals surface area (Å²) in [6.45, 7) is 3.63. The topological polar surface area (TPSA) is 30.5 Å². The van der Waals surface area contributed by atoms with Crippen molar-refractivity contribution in [3.05, 3.63) is 34.6 Å². The first-order chi connectivity index (χ1) is 9.65. The Balaban J connectivity index is 2.02. The highest BCUT2D eigenvalue weighted by Crippen LogP contribution is 2.33. The molecule has 1 aliphatic rings. The Bertz CT molecular complexity index is 436. The Morgan fingerprint density at radius 1 is 1.50 bits per heavy atom. The molecule has 3 nitrogen and oxygen atoms in total. The van der Waals surface area contributed by atoms with Crippen molar-refractivity contribution in [1.82, 2.24) is 5.32 Å². The second-order valence-corrected chi connectivity index (χ2v) is 5.82. The third kappa shape index (κ3) is 4.16. The molecule has 0 aromatic heterocycles. The summed E-state index contributed by atoms with van der Waals surface area (Å²) in [6, 6.07) is 4.72. The number of nitrogens with one attached hydrogen (secondary N) is 1. The largest absolute Gasteiger partial charge is 0.383 e. The molecular formula is C15H21ClFNO2. The van der Waals surface area contributed by atoms with Crippen LogP contribution in [0.5, 0.6) is 0 Å². The summed E-state index contributed by atoms with van der Waals surface area (Å²) in [6.07, 6.45) is 1.57. The molecule has 0 aliphatic carbocycles. The predicted molar refractivity (Wildman–Crippen MR) is 77.7 cm³/mol. The molecule has 0 spiro atoms. The van der Waals surface area contributed by atoms with E-state index < -0.39 is 0 Å². The van der Waals surface area contributed by atoms with Crippen LogP contribution in [-0.4, -0.2) is 40.0 Å². The van der Waals surface area contributed by atoms with Crippen LogP contribution in [0.15, 0.2) is 18.2 Å². The maximum atomic E-state index is 13.9. The zero-order valence-electron chi connectivity index (χ0n) is 11.8. The summed E-state index contributed by atoms with van der Waals surface area (Å²) in [5.74, 6) is -0.197. The van der Waals surface area contributed by atoms with Crippen LogP contribution in [0.4, 0.5) is 4.39 Å². The van der Waals surface area contributed by atoms with Gasteiger partial charge >= 0.3 is 0 Å². The molecule has 1 atom stereocenters. The molecule has 1 aromatic rings. The molecule has 1 heterocycles. The zero-order chi connectivity index (χ0) is 14.4. The highest BCUT2D eigenvalue weighted by atomic mass is 35.5. The molecule has 0 radical (unpaired) electrons. The van der Waals surface area contributed by atoms with Gasteiger partial charge in [-0.2, -0.15) is 0 Å². The van der Waals surface area contributed by atoms with Gasteiger partial charge in [0.1, 0.15) is 5.82 Å². The molecule has 1 N–H and O–H groups in total. The molecular weight excluding hydrogens is 281 g/mol. The number of hydrogen-bond acceptors (Lipinski definition) is 3. The maximum absolute atomic E-state index is 13.9. The Labute approximate surface area is 124 Å². The Morgan fingerprint density at radius 2 is 2.35 bits per heavy atom. The van der Waals surface area contributed by atoms with Gasteiger partial charge in [0.2, 0.25) is 0 Å². The molecule has 0 saturated carbocycles. The third-order valence-corrected chi connectivity index (χ3v) is 3.98. The average molecular weight is 302 g/mol. The van der Waals surface area contributed by atoms with Crippen LogP contribution < -0.4 is 5.32 Å². The monoisotopic (exact) mass is 301 g/mol. The van der Waals surface area contributed by atoms with Gasteiger partial charge in [0.25, 0.3) is 0 Å². The second kappa shape index (κ2) is 7.36. The standard InChI is InChI=1S/C15H21ClFNO2/c1-19-7-5-18-10-15(4-6-20-11-15)9-12-8-13(16)2-3-14(12)17/h2-3,8,18H,4-7,9-11H2,1H3. The van der Waals surface area contributed by atoms with Crippen LogP contribution >= 0.6 is 11.6 Å². The van der Waals surface area contributed by atoms with Crippen molar-refractivity contribution < 1.29 is 13.9 Å². The van der Waals surface area contributed by atoms with E-state index in [9.17, 15) is 4.39 Å². The molecule has 112 valence electrons. The molecule has 0 bridgehead atoms. The van der Waals surface area contributed by atoms with E-state index in [1.165, 1.54) is 6.07 Å². The van der Waals surface area contributed by atoms with Gasteiger partial charge in [-0.25, -0.2) is 4.39 Å². The van der Waals surface area contributed by atoms with Gasteiger partial charge in [0.15, 0.2) is 0 Å². The molecule has 1 unspecified atom stereocenters. The van der Waals surface area contributed by atoms with Crippen molar-refractivity contribution in [2.75, 3.05) is 40.0 Å². The molecule has 1 saturated heterocycles. The number of rotatable bonds is 7. The Kier molecular flexibility index (Phi) is 5.78. The van der Waals surface area contributed by atoms with Crippen LogP contribution in [0.25, 0.3) is 0 Å². The molecule has 20 heavy (non-hydrogen) atoms. The van der Waals surface area contributed by atoms with E-state index >= 15 is 0 Å². The minimum atomic E-state index is -0.197. The molecule has 1 aliphatic heterocycles. The zero-order valence-corrected chi connectivity index (χ0v) is 12.5. The van der Waals surface area contributed by atoms with E-state index in [0.29, 0.717) is 30.2 Å². The second-order valence-electron chi connectivity index (χ2n) is 5.38. The first-order valence-corrected chi connectivity index (χ1v) is 7.24. The lowest BCUT2D eigenvalue weighted by atomic mass is 9.80. The van der Waals surface area contributed by atoms with Gasteiger partial charge in [-0.05, 0) is 36.6 Å². The minimum Gasteiger partial charge on any atom is -0.383 e. The fourth-order valence-electron chi connectivity index (χ4n) is 2.60. The first-order valence-electron chi connectivity index (χ1n) is 6.87. The van der Waals surface area contributed by atoms with Gasteiger partial charge in [0, 0.05) is 37.2 Å². The number of ether oxygens (including phenoxy) is 2. The van der Waals surface area contributed by atoms with Crippen molar-refractivity contribution in [2.45, 2.75) is 12.8 Å². The summed E-state index contributed by atoms with van der Waals surface area (Å²) in [5.41, 5.74) is 0.607. The lowest BCUT2D eigenvalue weighted by Crippen LogP contribution is -2.38. The molecule has 0 amide bonds. The van der Waals surface area contributed by atoms with Gasteiger partial charge in [-0.1, -0.05) is 11.6 Å². The van der Waals surface area contributed by atoms with Crippen molar-refractivity contribution in [1.29, 1.82) is 0 Å². The lowest BCUT2D eigenvalue weighted by molar-refractivity contribution is 0.144. The molecule has 1 aromatic carbocycles. The van der Waals surface area contributed by atoms with E-state index in [0.717, 1.165) is 26.1 Å². The summed E-state index contributed by atoms with van der Waals surface area (Å²) in [7, 11) is 1.68. The van der Waals surface area contributed by atoms with Gasteiger partial charge in [-0.3, -0.25) is 0 Å². The smallest absolute Gasteiger partial charge is 0.126 e. The fourth-order valence-corrected chi connectivity index (χ4v) is 2.80. The van der Waals surface area contributed by atoms with Crippen molar-refractivity contribution in [3.8, 4) is 0 Å². The molecule has 2 rings (SSSR count). The summed E-state index contributed by atoms with van der Waals surface area (Å²) < 4.78 is 24.5. The minimum absolute atomic E-state index is 0.0563. The van der Waals surface area contributed by atoms with E-state index in [1.807, 2.05) is 0 Å². The number of benzene rings is 1. The Hall–Kier alpha value is -0.680. The van der Waals surface area contributed by atoms with Crippen LogP contribution in [0.2, 0.25) is 5.02 Å². The van der Waals surface area contributed by atoms with Crippen LogP contribution in [0.1, 0.15) is 12.0 Å². The Morgan fingerprint density at radius 3 is 3.05 bits per heavy atom. The van der Waals surface area contributed by atoms with E-state index in [2.05, 4.69) is 5.32 Å². The summed E-state index contributed by atoms with van der Waals surface area (Å²) in [4.78, 5) is 0. The third-order valence-electron chi connectivity index (χ3n) is 3.74. The lowest BCUT2D eigenvalue weighted by Gasteiger charge is -2.28. The first kappa shape index (κ1) is 15.7. The summed E-state index contributed by atoms with van der Waals surface area (Å²) in [5, 5.41) is 3.94. The quantitative estimate of drug-likeness (QED) is 0.786. The predicted octanol–water partition coefficient (Wildman–Crippen LogP) is 2.66. The van der Waals surface area contributed by atoms with Gasteiger partial charge < -0.3 is 14.8 Å². The van der Waals surface area contributed by atoms with Gasteiger partial charge in [-0.15, -0.1) is 0 Å². The van der Waals surface area contributed by atoms with Crippen LogP contribution in [0.3, 0.4) is 0 Å². The maximum Gasteiger partial charge on any atom is 0.126 e. The molecule has 5 heteroatoms. The normalized spacial score (nSPS) is 22.4. The van der Waals surface area contributed by atoms with Crippen LogP contribution in [-0.2, 0) is 15.9 Å². The fraction of sp³-hybridized carbons (Fsp3) is 0.600. The number of halogens is 2. The van der Waals surface area contributed by atoms with E-state index in [-0.39, 0.29) is 11.2 Å². The van der Waals surface area contributed by atoms with Crippen molar-refractivity contribution >= 4 is 11.6 Å². The highest BCUT2D eigenvalue weighted by molar-refractivity contribution is 6.30. The molecule has 1 fully saturated rings. The SMILES string of the molecule is COCCNCC1(Cc2cc(Cl)ccc2F)CCOC1. The number of hydrogen-bond donors (Lipinski definition) is 1. The summed E-state index contributed by atoms with van der Waals surface area (Å²) >= 11 is 5.96. The van der Waals surface area contributed by atoms with Crippen molar-refractivity contribution in [2.24, 2.45) is 5.41 Å². The van der Waals surface area contributed by atoms with E-state index in [4.69, 9.17) is 21.1 Å². The average Bonchev–Trinajstić information content (AvgIpc) is 2.88. The van der Waals surface area contributed by atoms with Crippen LogP contribution in [0, 0.1) is 11.2 Å². The van der Waals surface area contributed by atoms with E-state index in [1.54, 1.807) is 19.2 Å².